The largest absolute Gasteiger partial charge is 0.497 e. The van der Waals surface area contributed by atoms with Gasteiger partial charge in [0.2, 0.25) is 11.8 Å². The van der Waals surface area contributed by atoms with E-state index >= 15 is 0 Å². The molecule has 0 spiro atoms. The molecule has 2 aromatic carbocycles. The van der Waals surface area contributed by atoms with Gasteiger partial charge >= 0.3 is 0 Å². The van der Waals surface area contributed by atoms with Gasteiger partial charge in [-0.2, -0.15) is 0 Å². The van der Waals surface area contributed by atoms with Crippen LogP contribution in [-0.4, -0.2) is 37.5 Å². The van der Waals surface area contributed by atoms with E-state index in [4.69, 9.17) is 15.2 Å². The molecule has 2 aromatic rings. The number of nitrogens with one attached hydrogen (secondary N) is 1. The molecule has 0 aliphatic carbocycles. The predicted octanol–water partition coefficient (Wildman–Crippen LogP) is 2.27. The highest BCUT2D eigenvalue weighted by molar-refractivity contribution is 5.97. The SMILES string of the molecule is COc1ccc(CN2CC(C(=O)Nc3ccc(OC)c(N)c3)CC2=O)cc1. The Bertz CT molecular complexity index is 836. The van der Waals surface area contributed by atoms with Gasteiger partial charge in [0.25, 0.3) is 0 Å². The molecule has 0 saturated carbocycles. The van der Waals surface area contributed by atoms with Crippen molar-refractivity contribution in [3.05, 3.63) is 48.0 Å². The smallest absolute Gasteiger partial charge is 0.229 e. The van der Waals surface area contributed by atoms with Crippen molar-refractivity contribution in [3.63, 3.8) is 0 Å². The van der Waals surface area contributed by atoms with Crippen molar-refractivity contribution in [2.75, 3.05) is 31.8 Å². The third-order valence-corrected chi connectivity index (χ3v) is 4.62. The average Bonchev–Trinajstić information content (AvgIpc) is 3.03. The summed E-state index contributed by atoms with van der Waals surface area (Å²) in [6.07, 6.45) is 0.202. The van der Waals surface area contributed by atoms with Gasteiger partial charge < -0.3 is 25.4 Å². The summed E-state index contributed by atoms with van der Waals surface area (Å²) in [6.45, 7) is 0.866. The van der Waals surface area contributed by atoms with Gasteiger partial charge in [-0.1, -0.05) is 12.1 Å². The highest BCUT2D eigenvalue weighted by Gasteiger charge is 2.34. The standard InChI is InChI=1S/C20H23N3O4/c1-26-16-6-3-13(4-7-16)11-23-12-14(9-19(23)24)20(25)22-15-5-8-18(27-2)17(21)10-15/h3-8,10,14H,9,11-12,21H2,1-2H3,(H,22,25). The summed E-state index contributed by atoms with van der Waals surface area (Å²) in [6, 6.07) is 12.6. The van der Waals surface area contributed by atoms with E-state index in [1.165, 1.54) is 7.11 Å². The van der Waals surface area contributed by atoms with Crippen molar-refractivity contribution in [1.29, 1.82) is 0 Å². The molecule has 0 bridgehead atoms. The molecule has 7 heteroatoms. The normalized spacial score (nSPS) is 16.3. The Balaban J connectivity index is 1.60. The van der Waals surface area contributed by atoms with E-state index in [2.05, 4.69) is 5.32 Å². The Labute approximate surface area is 158 Å². The molecule has 1 saturated heterocycles. The highest BCUT2D eigenvalue weighted by Crippen LogP contribution is 2.26. The molecule has 1 aliphatic heterocycles. The molecule has 0 aromatic heterocycles. The van der Waals surface area contributed by atoms with Crippen LogP contribution < -0.4 is 20.5 Å². The first-order chi connectivity index (χ1) is 13.0. The quantitative estimate of drug-likeness (QED) is 0.762. The fourth-order valence-electron chi connectivity index (χ4n) is 3.11. The number of benzene rings is 2. The minimum absolute atomic E-state index is 0.0276. The van der Waals surface area contributed by atoms with Crippen LogP contribution in [0.3, 0.4) is 0 Å². The molecule has 1 fully saturated rings. The number of likely N-dealkylation sites (tertiary alicyclic amines) is 1. The van der Waals surface area contributed by atoms with Gasteiger partial charge in [0, 0.05) is 25.2 Å². The Hall–Kier alpha value is -3.22. The lowest BCUT2D eigenvalue weighted by Crippen LogP contribution is -2.28. The van der Waals surface area contributed by atoms with E-state index in [1.54, 1.807) is 30.2 Å². The number of ether oxygens (including phenoxy) is 2. The first-order valence-electron chi connectivity index (χ1n) is 8.65. The Morgan fingerprint density at radius 3 is 2.56 bits per heavy atom. The summed E-state index contributed by atoms with van der Waals surface area (Å²) >= 11 is 0. The lowest BCUT2D eigenvalue weighted by molar-refractivity contribution is -0.128. The van der Waals surface area contributed by atoms with Gasteiger partial charge in [-0.05, 0) is 35.9 Å². The van der Waals surface area contributed by atoms with Gasteiger partial charge in [-0.15, -0.1) is 0 Å². The molecular formula is C20H23N3O4. The molecule has 3 N–H and O–H groups in total. The maximum absolute atomic E-state index is 12.5. The minimum atomic E-state index is -0.390. The van der Waals surface area contributed by atoms with Crippen LogP contribution in [0.5, 0.6) is 11.5 Å². The lowest BCUT2D eigenvalue weighted by atomic mass is 10.1. The van der Waals surface area contributed by atoms with Crippen LogP contribution in [0.4, 0.5) is 11.4 Å². The van der Waals surface area contributed by atoms with E-state index in [1.807, 2.05) is 24.3 Å². The van der Waals surface area contributed by atoms with Crippen molar-refractivity contribution in [2.24, 2.45) is 5.92 Å². The van der Waals surface area contributed by atoms with Crippen molar-refractivity contribution >= 4 is 23.2 Å². The summed E-state index contributed by atoms with van der Waals surface area (Å²) in [4.78, 5) is 26.5. The Morgan fingerprint density at radius 1 is 1.19 bits per heavy atom. The van der Waals surface area contributed by atoms with Gasteiger partial charge in [-0.3, -0.25) is 9.59 Å². The van der Waals surface area contributed by atoms with Gasteiger partial charge in [0.15, 0.2) is 0 Å². The van der Waals surface area contributed by atoms with Crippen molar-refractivity contribution in [3.8, 4) is 11.5 Å². The van der Waals surface area contributed by atoms with Crippen LogP contribution in [0.2, 0.25) is 0 Å². The van der Waals surface area contributed by atoms with Crippen molar-refractivity contribution in [1.82, 2.24) is 4.90 Å². The fraction of sp³-hybridized carbons (Fsp3) is 0.300. The molecule has 1 unspecified atom stereocenters. The molecule has 142 valence electrons. The minimum Gasteiger partial charge on any atom is -0.497 e. The van der Waals surface area contributed by atoms with Crippen molar-refractivity contribution in [2.45, 2.75) is 13.0 Å². The lowest BCUT2D eigenvalue weighted by Gasteiger charge is -2.17. The number of hydrogen-bond acceptors (Lipinski definition) is 5. The zero-order valence-electron chi connectivity index (χ0n) is 15.4. The monoisotopic (exact) mass is 369 g/mol. The van der Waals surface area contributed by atoms with E-state index < -0.39 is 0 Å². The molecule has 7 nitrogen and oxygen atoms in total. The molecule has 0 radical (unpaired) electrons. The maximum atomic E-state index is 12.5. The molecule has 2 amide bonds. The van der Waals surface area contributed by atoms with E-state index in [0.717, 1.165) is 11.3 Å². The number of carbonyl (C=O) groups is 2. The number of hydrogen-bond donors (Lipinski definition) is 2. The van der Waals surface area contributed by atoms with Crippen molar-refractivity contribution < 1.29 is 19.1 Å². The Kier molecular flexibility index (Phi) is 5.49. The number of anilines is 2. The molecule has 27 heavy (non-hydrogen) atoms. The molecule has 1 aliphatic rings. The molecule has 1 heterocycles. The first-order valence-corrected chi connectivity index (χ1v) is 8.65. The maximum Gasteiger partial charge on any atom is 0.229 e. The molecule has 1 atom stereocenters. The topological polar surface area (TPSA) is 93.9 Å². The molecule has 3 rings (SSSR count). The van der Waals surface area contributed by atoms with Gasteiger partial charge in [0.1, 0.15) is 11.5 Å². The van der Waals surface area contributed by atoms with Crippen LogP contribution in [0.15, 0.2) is 42.5 Å². The zero-order chi connectivity index (χ0) is 19.4. The second-order valence-corrected chi connectivity index (χ2v) is 6.47. The van der Waals surface area contributed by atoms with Crippen LogP contribution in [-0.2, 0) is 16.1 Å². The molecular weight excluding hydrogens is 346 g/mol. The first kappa shape index (κ1) is 18.6. The second-order valence-electron chi connectivity index (χ2n) is 6.47. The summed E-state index contributed by atoms with van der Waals surface area (Å²) < 4.78 is 10.2. The van der Waals surface area contributed by atoms with Crippen LogP contribution in [0, 0.1) is 5.92 Å². The van der Waals surface area contributed by atoms with Gasteiger partial charge in [0.05, 0.1) is 25.8 Å². The fourth-order valence-corrected chi connectivity index (χ4v) is 3.11. The Morgan fingerprint density at radius 2 is 1.93 bits per heavy atom. The third-order valence-electron chi connectivity index (χ3n) is 4.62. The number of nitrogen functional groups attached to an aromatic ring is 1. The number of amides is 2. The zero-order valence-corrected chi connectivity index (χ0v) is 15.4. The second kappa shape index (κ2) is 7.99. The van der Waals surface area contributed by atoms with E-state index in [0.29, 0.717) is 30.2 Å². The average molecular weight is 369 g/mol. The summed E-state index contributed by atoms with van der Waals surface area (Å²) in [7, 11) is 3.14. The number of methoxy groups -OCH3 is 2. The predicted molar refractivity (Wildman–Crippen MR) is 103 cm³/mol. The summed E-state index contributed by atoms with van der Waals surface area (Å²) in [5.41, 5.74) is 7.88. The van der Waals surface area contributed by atoms with Crippen LogP contribution in [0.1, 0.15) is 12.0 Å². The van der Waals surface area contributed by atoms with Gasteiger partial charge in [-0.25, -0.2) is 0 Å². The third kappa shape index (κ3) is 4.31. The van der Waals surface area contributed by atoms with E-state index in [-0.39, 0.29) is 24.2 Å². The summed E-state index contributed by atoms with van der Waals surface area (Å²) in [5.74, 6) is 0.710. The summed E-state index contributed by atoms with van der Waals surface area (Å²) in [5, 5.41) is 2.83. The van der Waals surface area contributed by atoms with Crippen LogP contribution >= 0.6 is 0 Å². The number of carbonyl (C=O) groups excluding carboxylic acids is 2. The number of nitrogens with zero attached hydrogens (tertiary/aromatic N) is 1. The van der Waals surface area contributed by atoms with Crippen LogP contribution in [0.25, 0.3) is 0 Å². The highest BCUT2D eigenvalue weighted by atomic mass is 16.5. The van der Waals surface area contributed by atoms with E-state index in [9.17, 15) is 9.59 Å². The number of rotatable bonds is 6. The number of nitrogens with two attached hydrogens (primary N) is 1.